The van der Waals surface area contributed by atoms with Gasteiger partial charge >= 0.3 is 0 Å². The van der Waals surface area contributed by atoms with Crippen LogP contribution in [0.15, 0.2) is 72.8 Å². The van der Waals surface area contributed by atoms with Gasteiger partial charge in [0.2, 0.25) is 5.65 Å². The van der Waals surface area contributed by atoms with Gasteiger partial charge in [-0.05, 0) is 52.4 Å². The number of hydrogen-bond donors (Lipinski definition) is 0. The molecule has 0 amide bonds. The number of benzene rings is 3. The number of halogens is 1. The topological polar surface area (TPSA) is 71.7 Å². The van der Waals surface area contributed by atoms with Crippen LogP contribution in [0.2, 0.25) is 0 Å². The molecule has 1 saturated heterocycles. The predicted octanol–water partition coefficient (Wildman–Crippen LogP) is 3.72. The lowest BCUT2D eigenvalue weighted by molar-refractivity contribution is 0.306. The first-order valence-corrected chi connectivity index (χ1v) is 11.2. The minimum absolute atomic E-state index is 0.246. The number of fused-ring (bicyclic) bond motifs is 3. The Labute approximate surface area is 195 Å². The van der Waals surface area contributed by atoms with Gasteiger partial charge in [-0.25, -0.2) is 9.37 Å². The summed E-state index contributed by atoms with van der Waals surface area (Å²) in [7, 11) is 0. The highest BCUT2D eigenvalue weighted by Gasteiger charge is 2.23. The van der Waals surface area contributed by atoms with Crippen molar-refractivity contribution >= 4 is 28.2 Å². The fourth-order valence-electron chi connectivity index (χ4n) is 4.30. The van der Waals surface area contributed by atoms with Crippen LogP contribution in [0, 0.1) is 5.82 Å². The van der Waals surface area contributed by atoms with Gasteiger partial charge in [-0.15, -0.1) is 5.10 Å². The molecule has 3 aromatic carbocycles. The second-order valence-electron chi connectivity index (χ2n) is 8.23. The van der Waals surface area contributed by atoms with Gasteiger partial charge in [0, 0.05) is 37.9 Å². The summed E-state index contributed by atoms with van der Waals surface area (Å²) >= 11 is 0. The Morgan fingerprint density at radius 3 is 2.50 bits per heavy atom. The van der Waals surface area contributed by atoms with E-state index >= 15 is 0 Å². The molecular formula is C25H22FN7O. The minimum atomic E-state index is -0.246. The normalized spacial score (nSPS) is 14.1. The quantitative estimate of drug-likeness (QED) is 0.400. The Kier molecular flexibility index (Phi) is 5.14. The molecule has 1 fully saturated rings. The lowest BCUT2D eigenvalue weighted by Gasteiger charge is -2.36. The molecule has 170 valence electrons. The van der Waals surface area contributed by atoms with Crippen LogP contribution >= 0.6 is 0 Å². The van der Waals surface area contributed by atoms with Crippen molar-refractivity contribution in [1.29, 1.82) is 0 Å². The monoisotopic (exact) mass is 455 g/mol. The average Bonchev–Trinajstić information content (AvgIpc) is 3.39. The summed E-state index contributed by atoms with van der Waals surface area (Å²) in [4.78, 5) is 9.44. The highest BCUT2D eigenvalue weighted by Crippen LogP contribution is 2.26. The molecule has 1 aliphatic rings. The number of tetrazole rings is 1. The van der Waals surface area contributed by atoms with E-state index in [9.17, 15) is 4.39 Å². The Hall–Kier alpha value is -4.27. The summed E-state index contributed by atoms with van der Waals surface area (Å²) < 4.78 is 20.8. The molecule has 6 rings (SSSR count). The van der Waals surface area contributed by atoms with E-state index in [1.54, 1.807) is 16.6 Å². The van der Waals surface area contributed by atoms with Crippen LogP contribution in [0.4, 0.5) is 15.9 Å². The third-order valence-corrected chi connectivity index (χ3v) is 6.09. The van der Waals surface area contributed by atoms with Crippen LogP contribution < -0.4 is 14.5 Å². The first-order valence-electron chi connectivity index (χ1n) is 11.2. The Bertz CT molecular complexity index is 1450. The maximum Gasteiger partial charge on any atom is 0.222 e. The lowest BCUT2D eigenvalue weighted by atomic mass is 10.2. The first kappa shape index (κ1) is 20.3. The number of aromatic nitrogens is 5. The summed E-state index contributed by atoms with van der Waals surface area (Å²) in [5.74, 6) is 1.35. The average molecular weight is 455 g/mol. The van der Waals surface area contributed by atoms with Crippen molar-refractivity contribution in [3.63, 3.8) is 0 Å². The number of nitrogens with zero attached hydrogens (tertiary/aromatic N) is 7. The molecule has 2 aromatic heterocycles. The van der Waals surface area contributed by atoms with Crippen LogP contribution in [0.25, 0.3) is 16.7 Å². The molecular weight excluding hydrogens is 433 g/mol. The van der Waals surface area contributed by atoms with Crippen molar-refractivity contribution in [2.75, 3.05) is 36.0 Å². The summed E-state index contributed by atoms with van der Waals surface area (Å²) in [5, 5.41) is 12.3. The Morgan fingerprint density at radius 1 is 0.853 bits per heavy atom. The predicted molar refractivity (Wildman–Crippen MR) is 128 cm³/mol. The number of rotatable bonds is 5. The van der Waals surface area contributed by atoms with E-state index in [-0.39, 0.29) is 5.82 Å². The van der Waals surface area contributed by atoms with Gasteiger partial charge in [-0.3, -0.25) is 0 Å². The molecule has 8 nitrogen and oxygen atoms in total. The summed E-state index contributed by atoms with van der Waals surface area (Å²) in [6.07, 6.45) is 0. The summed E-state index contributed by atoms with van der Waals surface area (Å²) in [6, 6.07) is 22.3. The Balaban J connectivity index is 1.16. The highest BCUT2D eigenvalue weighted by atomic mass is 19.1. The molecule has 0 radical (unpaired) electrons. The van der Waals surface area contributed by atoms with Crippen molar-refractivity contribution in [3.8, 4) is 5.75 Å². The van der Waals surface area contributed by atoms with Gasteiger partial charge in [-0.1, -0.05) is 30.3 Å². The molecule has 34 heavy (non-hydrogen) atoms. The maximum atomic E-state index is 13.1. The van der Waals surface area contributed by atoms with E-state index in [1.807, 2.05) is 42.5 Å². The highest BCUT2D eigenvalue weighted by molar-refractivity contribution is 5.82. The van der Waals surface area contributed by atoms with Gasteiger partial charge in [0.25, 0.3) is 0 Å². The molecule has 0 bridgehead atoms. The molecule has 5 aromatic rings. The van der Waals surface area contributed by atoms with E-state index < -0.39 is 0 Å². The van der Waals surface area contributed by atoms with Crippen molar-refractivity contribution in [1.82, 2.24) is 25.0 Å². The molecule has 0 aliphatic carbocycles. The summed E-state index contributed by atoms with van der Waals surface area (Å²) in [6.45, 7) is 3.67. The van der Waals surface area contributed by atoms with Crippen molar-refractivity contribution in [2.45, 2.75) is 6.61 Å². The number of ether oxygens (including phenoxy) is 1. The second-order valence-corrected chi connectivity index (χ2v) is 8.23. The summed E-state index contributed by atoms with van der Waals surface area (Å²) in [5.41, 5.74) is 4.46. The van der Waals surface area contributed by atoms with E-state index in [1.165, 1.54) is 12.1 Å². The molecule has 0 unspecified atom stereocenters. The zero-order valence-electron chi connectivity index (χ0n) is 18.4. The van der Waals surface area contributed by atoms with Crippen LogP contribution in [-0.4, -0.2) is 51.2 Å². The number of para-hydroxylation sites is 2. The van der Waals surface area contributed by atoms with Gasteiger partial charge in [-0.2, -0.15) is 4.52 Å². The molecule has 0 N–H and O–H groups in total. The smallest absolute Gasteiger partial charge is 0.222 e. The molecule has 3 heterocycles. The van der Waals surface area contributed by atoms with E-state index in [0.717, 1.165) is 60.0 Å². The van der Waals surface area contributed by atoms with Crippen molar-refractivity contribution in [2.24, 2.45) is 0 Å². The van der Waals surface area contributed by atoms with E-state index in [4.69, 9.17) is 9.72 Å². The van der Waals surface area contributed by atoms with Gasteiger partial charge in [0.1, 0.15) is 18.2 Å². The van der Waals surface area contributed by atoms with E-state index in [0.29, 0.717) is 12.3 Å². The molecule has 0 spiro atoms. The minimum Gasteiger partial charge on any atom is -0.489 e. The third-order valence-electron chi connectivity index (χ3n) is 6.09. The van der Waals surface area contributed by atoms with Crippen molar-refractivity contribution < 1.29 is 9.13 Å². The lowest BCUT2D eigenvalue weighted by Crippen LogP contribution is -2.47. The molecule has 9 heteroatoms. The molecule has 0 saturated carbocycles. The second kappa shape index (κ2) is 8.58. The third kappa shape index (κ3) is 3.85. The zero-order valence-corrected chi connectivity index (χ0v) is 18.4. The SMILES string of the molecule is Fc1ccc(COc2cccc(N3CCN(c4nc5ccccc5n5nnnc45)CC3)c2)cc1. The van der Waals surface area contributed by atoms with Crippen LogP contribution in [-0.2, 0) is 6.61 Å². The molecule has 0 atom stereocenters. The number of hydrogen-bond acceptors (Lipinski definition) is 7. The Morgan fingerprint density at radius 2 is 1.65 bits per heavy atom. The zero-order chi connectivity index (χ0) is 22.9. The molecule has 1 aliphatic heterocycles. The van der Waals surface area contributed by atoms with Crippen LogP contribution in [0.1, 0.15) is 5.56 Å². The number of anilines is 2. The maximum absolute atomic E-state index is 13.1. The fourth-order valence-corrected chi connectivity index (χ4v) is 4.30. The largest absolute Gasteiger partial charge is 0.489 e. The number of piperazine rings is 1. The van der Waals surface area contributed by atoms with Gasteiger partial charge in [0.05, 0.1) is 11.0 Å². The van der Waals surface area contributed by atoms with Crippen LogP contribution in [0.5, 0.6) is 5.75 Å². The van der Waals surface area contributed by atoms with Crippen LogP contribution in [0.3, 0.4) is 0 Å². The van der Waals surface area contributed by atoms with Gasteiger partial charge in [0.15, 0.2) is 5.82 Å². The van der Waals surface area contributed by atoms with Gasteiger partial charge < -0.3 is 14.5 Å². The van der Waals surface area contributed by atoms with Crippen molar-refractivity contribution in [3.05, 3.63) is 84.2 Å². The fraction of sp³-hybridized carbons (Fsp3) is 0.200. The standard InChI is InChI=1S/C25H22FN7O/c26-19-10-8-18(9-11-19)17-34-21-5-3-4-20(16-21)31-12-14-32(15-13-31)24-25-28-29-30-33(25)23-7-2-1-6-22(23)27-24/h1-11,16H,12-15,17H2. The van der Waals surface area contributed by atoms with E-state index in [2.05, 4.69) is 31.4 Å². The first-order chi connectivity index (χ1) is 16.7.